The van der Waals surface area contributed by atoms with Crippen molar-refractivity contribution in [3.8, 4) is 0 Å². The van der Waals surface area contributed by atoms with Crippen LogP contribution in [0.4, 0.5) is 0 Å². The van der Waals surface area contributed by atoms with Gasteiger partial charge in [0.05, 0.1) is 0 Å². The Bertz CT molecular complexity index is 333. The van der Waals surface area contributed by atoms with Gasteiger partial charge in [-0.15, -0.1) is 0 Å². The number of piperidine rings is 1. The van der Waals surface area contributed by atoms with E-state index < -0.39 is 0 Å². The molecule has 84 valence electrons. The molecule has 2 nitrogen and oxygen atoms in total. The van der Waals surface area contributed by atoms with Crippen LogP contribution in [0.2, 0.25) is 0 Å². The van der Waals surface area contributed by atoms with Crippen molar-refractivity contribution in [2.24, 2.45) is 13.0 Å². The molecule has 2 heterocycles. The van der Waals surface area contributed by atoms with Gasteiger partial charge in [0, 0.05) is 18.4 Å². The zero-order chi connectivity index (χ0) is 10.8. The second-order valence-electron chi connectivity index (χ2n) is 4.87. The molecule has 15 heavy (non-hydrogen) atoms. The van der Waals surface area contributed by atoms with E-state index in [9.17, 15) is 0 Å². The summed E-state index contributed by atoms with van der Waals surface area (Å²) in [5.74, 6) is 0.847. The topological polar surface area (TPSA) is 17.0 Å². The summed E-state index contributed by atoms with van der Waals surface area (Å²) in [6.45, 7) is 6.84. The first-order chi connectivity index (χ1) is 7.18. The molecular formula is C13H22N2. The van der Waals surface area contributed by atoms with Crippen LogP contribution in [0.15, 0.2) is 6.07 Å². The lowest BCUT2D eigenvalue weighted by Crippen LogP contribution is -2.30. The Morgan fingerprint density at radius 2 is 2.27 bits per heavy atom. The summed E-state index contributed by atoms with van der Waals surface area (Å²) in [4.78, 5) is 0. The lowest BCUT2D eigenvalue weighted by atomic mass is 9.92. The van der Waals surface area contributed by atoms with Crippen LogP contribution in [-0.2, 0) is 13.5 Å². The minimum absolute atomic E-state index is 0.847. The lowest BCUT2D eigenvalue weighted by Gasteiger charge is -2.22. The number of hydrogen-bond donors (Lipinski definition) is 1. The van der Waals surface area contributed by atoms with Gasteiger partial charge in [-0.05, 0) is 63.7 Å². The van der Waals surface area contributed by atoms with Gasteiger partial charge < -0.3 is 9.88 Å². The average molecular weight is 206 g/mol. The van der Waals surface area contributed by atoms with Gasteiger partial charge in [0.1, 0.15) is 0 Å². The van der Waals surface area contributed by atoms with Gasteiger partial charge in [-0.1, -0.05) is 0 Å². The summed E-state index contributed by atoms with van der Waals surface area (Å²) in [6.07, 6.45) is 3.98. The van der Waals surface area contributed by atoms with Crippen molar-refractivity contribution < 1.29 is 0 Å². The fraction of sp³-hybridized carbons (Fsp3) is 0.692. The van der Waals surface area contributed by atoms with Crippen LogP contribution in [0, 0.1) is 19.8 Å². The third-order valence-corrected chi connectivity index (χ3v) is 3.79. The number of nitrogens with one attached hydrogen (secondary N) is 1. The summed E-state index contributed by atoms with van der Waals surface area (Å²) < 4.78 is 2.30. The van der Waals surface area contributed by atoms with Crippen LogP contribution in [0.5, 0.6) is 0 Å². The Morgan fingerprint density at radius 3 is 2.80 bits per heavy atom. The largest absolute Gasteiger partial charge is 0.352 e. The second-order valence-corrected chi connectivity index (χ2v) is 4.87. The standard InChI is InChI=1S/C13H22N2/c1-10-7-13(11(2)15(10)3)8-12-5-4-6-14-9-12/h7,12,14H,4-6,8-9H2,1-3H3. The SMILES string of the molecule is Cc1cc(CC2CCCNC2)c(C)n1C. The van der Waals surface area contributed by atoms with Crippen LogP contribution in [0.3, 0.4) is 0 Å². The highest BCUT2D eigenvalue weighted by atomic mass is 14.9. The minimum Gasteiger partial charge on any atom is -0.352 e. The van der Waals surface area contributed by atoms with Gasteiger partial charge in [-0.2, -0.15) is 0 Å². The smallest absolute Gasteiger partial charge is 0.0175 e. The fourth-order valence-electron chi connectivity index (χ4n) is 2.55. The Balaban J connectivity index is 2.06. The monoisotopic (exact) mass is 206 g/mol. The summed E-state index contributed by atoms with van der Waals surface area (Å²) in [6, 6.07) is 2.35. The lowest BCUT2D eigenvalue weighted by molar-refractivity contribution is 0.375. The van der Waals surface area contributed by atoms with Crippen molar-refractivity contribution in [1.29, 1.82) is 0 Å². The molecule has 1 aliphatic heterocycles. The molecule has 1 N–H and O–H groups in total. The van der Waals surface area contributed by atoms with E-state index in [1.165, 1.54) is 43.7 Å². The predicted octanol–water partition coefficient (Wildman–Crippen LogP) is 2.18. The number of hydrogen-bond acceptors (Lipinski definition) is 1. The Hall–Kier alpha value is -0.760. The maximum Gasteiger partial charge on any atom is 0.0175 e. The van der Waals surface area contributed by atoms with Crippen LogP contribution >= 0.6 is 0 Å². The molecule has 0 bridgehead atoms. The van der Waals surface area contributed by atoms with E-state index in [2.05, 4.69) is 36.8 Å². The summed E-state index contributed by atoms with van der Waals surface area (Å²) in [7, 11) is 2.16. The minimum atomic E-state index is 0.847. The van der Waals surface area contributed by atoms with E-state index in [1.54, 1.807) is 5.56 Å². The normalized spacial score (nSPS) is 21.9. The van der Waals surface area contributed by atoms with Crippen molar-refractivity contribution >= 4 is 0 Å². The van der Waals surface area contributed by atoms with E-state index in [4.69, 9.17) is 0 Å². The summed E-state index contributed by atoms with van der Waals surface area (Å²) in [5.41, 5.74) is 4.37. The molecule has 1 saturated heterocycles. The van der Waals surface area contributed by atoms with Crippen molar-refractivity contribution in [3.05, 3.63) is 23.0 Å². The van der Waals surface area contributed by atoms with E-state index in [0.717, 1.165) is 5.92 Å². The molecule has 0 aromatic carbocycles. The fourth-order valence-corrected chi connectivity index (χ4v) is 2.55. The van der Waals surface area contributed by atoms with Crippen LogP contribution in [0.25, 0.3) is 0 Å². The summed E-state index contributed by atoms with van der Waals surface area (Å²) >= 11 is 0. The molecule has 0 amide bonds. The van der Waals surface area contributed by atoms with Gasteiger partial charge >= 0.3 is 0 Å². The molecule has 1 unspecified atom stereocenters. The quantitative estimate of drug-likeness (QED) is 0.785. The first-order valence-corrected chi connectivity index (χ1v) is 6.01. The third-order valence-electron chi connectivity index (χ3n) is 3.79. The van der Waals surface area contributed by atoms with E-state index in [0.29, 0.717) is 0 Å². The molecule has 0 saturated carbocycles. The van der Waals surface area contributed by atoms with Crippen LogP contribution in [0.1, 0.15) is 29.8 Å². The molecule has 0 radical (unpaired) electrons. The van der Waals surface area contributed by atoms with E-state index in [-0.39, 0.29) is 0 Å². The molecule has 0 aliphatic carbocycles. The first-order valence-electron chi connectivity index (χ1n) is 6.01. The number of nitrogens with zero attached hydrogens (tertiary/aromatic N) is 1. The molecule has 1 aliphatic rings. The number of aryl methyl sites for hydroxylation is 1. The zero-order valence-electron chi connectivity index (χ0n) is 10.1. The highest BCUT2D eigenvalue weighted by Crippen LogP contribution is 2.21. The second kappa shape index (κ2) is 4.40. The van der Waals surface area contributed by atoms with Crippen LogP contribution < -0.4 is 5.32 Å². The van der Waals surface area contributed by atoms with Gasteiger partial charge in [0.2, 0.25) is 0 Å². The maximum atomic E-state index is 3.49. The molecule has 2 rings (SSSR count). The highest BCUT2D eigenvalue weighted by molar-refractivity contribution is 5.26. The molecule has 2 heteroatoms. The van der Waals surface area contributed by atoms with Gasteiger partial charge in [-0.3, -0.25) is 0 Å². The molecule has 0 spiro atoms. The average Bonchev–Trinajstić information content (AvgIpc) is 2.48. The van der Waals surface area contributed by atoms with Gasteiger partial charge in [-0.25, -0.2) is 0 Å². The van der Waals surface area contributed by atoms with Gasteiger partial charge in [0.25, 0.3) is 0 Å². The van der Waals surface area contributed by atoms with E-state index >= 15 is 0 Å². The Kier molecular flexibility index (Phi) is 3.15. The first kappa shape index (κ1) is 10.7. The van der Waals surface area contributed by atoms with Crippen molar-refractivity contribution in [1.82, 2.24) is 9.88 Å². The number of aromatic nitrogens is 1. The molecular weight excluding hydrogens is 184 g/mol. The van der Waals surface area contributed by atoms with Crippen molar-refractivity contribution in [2.45, 2.75) is 33.1 Å². The number of rotatable bonds is 2. The predicted molar refractivity (Wildman–Crippen MR) is 64.2 cm³/mol. The van der Waals surface area contributed by atoms with Crippen molar-refractivity contribution in [2.75, 3.05) is 13.1 Å². The Labute approximate surface area is 92.7 Å². The summed E-state index contributed by atoms with van der Waals surface area (Å²) in [5, 5.41) is 3.49. The van der Waals surface area contributed by atoms with Crippen LogP contribution in [-0.4, -0.2) is 17.7 Å². The molecule has 1 aromatic rings. The zero-order valence-corrected chi connectivity index (χ0v) is 10.1. The Morgan fingerprint density at radius 1 is 1.47 bits per heavy atom. The molecule has 1 aromatic heterocycles. The highest BCUT2D eigenvalue weighted by Gasteiger charge is 2.16. The maximum absolute atomic E-state index is 3.49. The molecule has 1 atom stereocenters. The molecule has 1 fully saturated rings. The van der Waals surface area contributed by atoms with E-state index in [1.807, 2.05) is 0 Å². The van der Waals surface area contributed by atoms with Gasteiger partial charge in [0.15, 0.2) is 0 Å². The van der Waals surface area contributed by atoms with Crippen molar-refractivity contribution in [3.63, 3.8) is 0 Å². The third kappa shape index (κ3) is 2.25.